The van der Waals surface area contributed by atoms with Crippen LogP contribution >= 0.6 is 11.8 Å². The molecule has 40 heavy (non-hydrogen) atoms. The minimum Gasteiger partial charge on any atom is -0.481 e. The Morgan fingerprint density at radius 2 is 1.55 bits per heavy atom. The summed E-state index contributed by atoms with van der Waals surface area (Å²) >= 11 is 0.668. The number of hydrogen-bond acceptors (Lipinski definition) is 10. The lowest BCUT2D eigenvalue weighted by molar-refractivity contribution is -0.144. The van der Waals surface area contributed by atoms with E-state index >= 15 is 0 Å². The molecule has 1 aromatic carbocycles. The van der Waals surface area contributed by atoms with Crippen molar-refractivity contribution in [2.75, 3.05) is 45.1 Å². The van der Waals surface area contributed by atoms with Crippen LogP contribution in [-0.4, -0.2) is 107 Å². The third kappa shape index (κ3) is 14.8. The number of benzene rings is 1. The van der Waals surface area contributed by atoms with Gasteiger partial charge in [0.1, 0.15) is 12.1 Å². The van der Waals surface area contributed by atoms with Gasteiger partial charge in [0.2, 0.25) is 22.8 Å². The van der Waals surface area contributed by atoms with E-state index in [-0.39, 0.29) is 43.1 Å². The summed E-state index contributed by atoms with van der Waals surface area (Å²) in [5, 5.41) is 21.6. The van der Waals surface area contributed by atoms with Crippen LogP contribution in [0.15, 0.2) is 24.3 Å². The number of hydrogen-bond donors (Lipinski definition) is 4. The van der Waals surface area contributed by atoms with Gasteiger partial charge in [-0.15, -0.1) is 0 Å². The first-order chi connectivity index (χ1) is 18.7. The molecular weight excluding hydrogens is 550 g/mol. The number of ether oxygens (including phenoxy) is 2. The lowest BCUT2D eigenvalue weighted by Gasteiger charge is -2.21. The summed E-state index contributed by atoms with van der Waals surface area (Å²) in [7, 11) is 0. The summed E-state index contributed by atoms with van der Waals surface area (Å²) in [5.74, 6) is -5.34. The highest BCUT2D eigenvalue weighted by Gasteiger charge is 2.20. The van der Waals surface area contributed by atoms with Gasteiger partial charge in [-0.3, -0.25) is 28.8 Å². The maximum atomic E-state index is 12.4. The van der Waals surface area contributed by atoms with Crippen LogP contribution in [0.25, 0.3) is 0 Å². The zero-order valence-electron chi connectivity index (χ0n) is 22.4. The number of carbonyl (C=O) groups is 7. The molecule has 15 heteroatoms. The van der Waals surface area contributed by atoms with Gasteiger partial charge in [-0.05, 0) is 32.9 Å². The summed E-state index contributed by atoms with van der Waals surface area (Å²) in [6.45, 7) is 3.11. The molecule has 0 aliphatic carbocycles. The molecule has 0 atom stereocenters. The second kappa shape index (κ2) is 16.9. The summed E-state index contributed by atoms with van der Waals surface area (Å²) in [6.07, 6.45) is -0.247. The van der Waals surface area contributed by atoms with Gasteiger partial charge in [0, 0.05) is 12.1 Å². The third-order valence-electron chi connectivity index (χ3n) is 4.59. The smallest absolute Gasteiger partial charge is 0.338 e. The number of nitrogens with one attached hydrogen (secondary N) is 2. The number of rotatable bonds is 16. The van der Waals surface area contributed by atoms with E-state index in [0.717, 1.165) is 4.90 Å². The molecule has 0 aliphatic rings. The van der Waals surface area contributed by atoms with Gasteiger partial charge in [-0.1, -0.05) is 23.9 Å². The van der Waals surface area contributed by atoms with E-state index in [2.05, 4.69) is 10.6 Å². The summed E-state index contributed by atoms with van der Waals surface area (Å²) in [6, 6.07) is 5.87. The number of thioether (sulfide) groups is 1. The monoisotopic (exact) mass is 583 g/mol. The van der Waals surface area contributed by atoms with Crippen molar-refractivity contribution in [3.8, 4) is 0 Å². The van der Waals surface area contributed by atoms with Crippen LogP contribution in [0.5, 0.6) is 0 Å². The fourth-order valence-electron chi connectivity index (χ4n) is 2.79. The summed E-state index contributed by atoms with van der Waals surface area (Å²) < 4.78 is 10.3. The molecule has 0 unspecified atom stereocenters. The van der Waals surface area contributed by atoms with Crippen molar-refractivity contribution in [2.45, 2.75) is 32.8 Å². The Kier molecular flexibility index (Phi) is 14.4. The Balaban J connectivity index is 2.45. The van der Waals surface area contributed by atoms with Crippen molar-refractivity contribution in [2.24, 2.45) is 0 Å². The number of carboxylic acids is 2. The summed E-state index contributed by atoms with van der Waals surface area (Å²) in [4.78, 5) is 83.4. The Morgan fingerprint density at radius 1 is 0.900 bits per heavy atom. The number of carbonyl (C=O) groups excluding carboxylic acids is 5. The van der Waals surface area contributed by atoms with Crippen LogP contribution < -0.4 is 10.6 Å². The summed E-state index contributed by atoms with van der Waals surface area (Å²) in [5.41, 5.74) is -0.332. The largest absolute Gasteiger partial charge is 0.481 e. The predicted octanol–water partition coefficient (Wildman–Crippen LogP) is 0.152. The Hall–Kier alpha value is -3.98. The molecule has 4 N–H and O–H groups in total. The van der Waals surface area contributed by atoms with Crippen LogP contribution in [0.3, 0.4) is 0 Å². The van der Waals surface area contributed by atoms with Crippen LogP contribution in [0, 0.1) is 0 Å². The predicted molar refractivity (Wildman–Crippen MR) is 142 cm³/mol. The second-order valence-corrected chi connectivity index (χ2v) is 10.1. The number of carboxylic acid groups (broad SMARTS) is 2. The SMILES string of the molecule is CC(C)(C)OC(=O)c1cccc(C(=O)SCC(=O)NCC(=O)NCC(=O)N(CCOCCC(=O)O)CC(=O)O)c1. The zero-order valence-corrected chi connectivity index (χ0v) is 23.2. The molecule has 0 aliphatic heterocycles. The highest BCUT2D eigenvalue weighted by Crippen LogP contribution is 2.17. The van der Waals surface area contributed by atoms with Gasteiger partial charge in [-0.2, -0.15) is 0 Å². The van der Waals surface area contributed by atoms with Crippen LogP contribution in [0.4, 0.5) is 0 Å². The second-order valence-electron chi connectivity index (χ2n) is 9.18. The molecule has 14 nitrogen and oxygen atoms in total. The Labute approximate surface area is 234 Å². The maximum Gasteiger partial charge on any atom is 0.338 e. The lowest BCUT2D eigenvalue weighted by atomic mass is 10.1. The highest BCUT2D eigenvalue weighted by molar-refractivity contribution is 8.14. The van der Waals surface area contributed by atoms with Gasteiger partial charge in [0.05, 0.1) is 44.0 Å². The first-order valence-electron chi connectivity index (χ1n) is 12.0. The quantitative estimate of drug-likeness (QED) is 0.152. The first kappa shape index (κ1) is 34.0. The Bertz CT molecular complexity index is 1100. The molecule has 0 aromatic heterocycles. The molecule has 0 radical (unpaired) electrons. The molecule has 1 aromatic rings. The van der Waals surface area contributed by atoms with E-state index in [9.17, 15) is 33.6 Å². The van der Waals surface area contributed by atoms with Crippen molar-refractivity contribution in [1.29, 1.82) is 0 Å². The third-order valence-corrected chi connectivity index (χ3v) is 5.50. The molecule has 0 saturated carbocycles. The average molecular weight is 584 g/mol. The van der Waals surface area contributed by atoms with E-state index in [1.54, 1.807) is 20.8 Å². The van der Waals surface area contributed by atoms with Crippen molar-refractivity contribution >= 4 is 52.5 Å². The van der Waals surface area contributed by atoms with E-state index in [0.29, 0.717) is 11.8 Å². The van der Waals surface area contributed by atoms with E-state index < -0.39 is 66.0 Å². The number of esters is 1. The van der Waals surface area contributed by atoms with Crippen LogP contribution in [-0.2, 0) is 33.4 Å². The van der Waals surface area contributed by atoms with Gasteiger partial charge in [0.15, 0.2) is 0 Å². The molecule has 0 saturated heterocycles. The van der Waals surface area contributed by atoms with Gasteiger partial charge in [-0.25, -0.2) is 4.79 Å². The lowest BCUT2D eigenvalue weighted by Crippen LogP contribution is -2.46. The van der Waals surface area contributed by atoms with Crippen molar-refractivity contribution in [3.05, 3.63) is 35.4 Å². The van der Waals surface area contributed by atoms with E-state index in [1.165, 1.54) is 24.3 Å². The van der Waals surface area contributed by atoms with Crippen LogP contribution in [0.1, 0.15) is 47.9 Å². The zero-order chi connectivity index (χ0) is 30.3. The van der Waals surface area contributed by atoms with E-state index in [4.69, 9.17) is 19.7 Å². The minimum atomic E-state index is -1.29. The molecule has 0 fully saturated rings. The average Bonchev–Trinajstić information content (AvgIpc) is 2.86. The molecule has 1 rings (SSSR count). The van der Waals surface area contributed by atoms with E-state index in [1.807, 2.05) is 0 Å². The van der Waals surface area contributed by atoms with Crippen molar-refractivity contribution in [1.82, 2.24) is 15.5 Å². The molecular formula is C25H33N3O11S. The fraction of sp³-hybridized carbons (Fsp3) is 0.480. The molecule has 0 heterocycles. The topological polar surface area (TPSA) is 206 Å². The first-order valence-corrected chi connectivity index (χ1v) is 13.0. The maximum absolute atomic E-state index is 12.4. The van der Waals surface area contributed by atoms with Crippen LogP contribution in [0.2, 0.25) is 0 Å². The highest BCUT2D eigenvalue weighted by atomic mass is 32.2. The van der Waals surface area contributed by atoms with Crippen molar-refractivity contribution in [3.63, 3.8) is 0 Å². The number of amides is 3. The number of aliphatic carboxylic acids is 2. The van der Waals surface area contributed by atoms with Crippen molar-refractivity contribution < 1.29 is 53.2 Å². The normalized spacial score (nSPS) is 10.8. The van der Waals surface area contributed by atoms with Gasteiger partial charge in [0.25, 0.3) is 0 Å². The number of nitrogens with zero attached hydrogens (tertiary/aromatic N) is 1. The fourth-order valence-corrected chi connectivity index (χ4v) is 3.45. The molecule has 0 bridgehead atoms. The molecule has 0 spiro atoms. The molecule has 220 valence electrons. The molecule has 3 amide bonds. The minimum absolute atomic E-state index is 0.0992. The Morgan fingerprint density at radius 3 is 2.17 bits per heavy atom. The standard InChI is InChI=1S/C25H33N3O11S/c1-25(2,3)39-23(36)16-5-4-6-17(11-16)24(37)40-15-19(30)26-12-18(29)27-13-20(31)28(14-22(34)35)8-10-38-9-7-21(32)33/h4-6,11H,7-10,12-15H2,1-3H3,(H,26,30)(H,27,29)(H,32,33)(H,34,35). The van der Waals surface area contributed by atoms with Gasteiger partial charge >= 0.3 is 17.9 Å². The van der Waals surface area contributed by atoms with Gasteiger partial charge < -0.3 is 35.2 Å².